The van der Waals surface area contributed by atoms with Gasteiger partial charge in [0.2, 0.25) is 0 Å². The van der Waals surface area contributed by atoms with Crippen LogP contribution in [0.15, 0.2) is 35.1 Å². The largest absolute Gasteiger partial charge is 0.416 e. The predicted octanol–water partition coefficient (Wildman–Crippen LogP) is 4.16. The molecule has 2 aromatic rings. The van der Waals surface area contributed by atoms with Crippen molar-refractivity contribution in [2.24, 2.45) is 0 Å². The van der Waals surface area contributed by atoms with Crippen molar-refractivity contribution in [3.8, 4) is 0 Å². The van der Waals surface area contributed by atoms with Crippen LogP contribution in [0.1, 0.15) is 36.4 Å². The van der Waals surface area contributed by atoms with Gasteiger partial charge in [0.05, 0.1) is 5.56 Å². The molecule has 21 heavy (non-hydrogen) atoms. The van der Waals surface area contributed by atoms with Crippen LogP contribution in [0.25, 0.3) is 0 Å². The number of halogens is 4. The van der Waals surface area contributed by atoms with Gasteiger partial charge in [0, 0.05) is 29.0 Å². The van der Waals surface area contributed by atoms with E-state index in [1.165, 1.54) is 12.3 Å². The van der Waals surface area contributed by atoms with E-state index in [-0.39, 0.29) is 5.56 Å². The van der Waals surface area contributed by atoms with Crippen molar-refractivity contribution in [3.05, 3.63) is 52.0 Å². The van der Waals surface area contributed by atoms with E-state index >= 15 is 0 Å². The average Bonchev–Trinajstić information content (AvgIpc) is 2.86. The van der Waals surface area contributed by atoms with Crippen molar-refractivity contribution < 1.29 is 18.3 Å². The van der Waals surface area contributed by atoms with Crippen molar-refractivity contribution in [2.75, 3.05) is 0 Å². The first-order chi connectivity index (χ1) is 9.84. The fraction of sp³-hybridized carbons (Fsp3) is 0.357. The summed E-state index contributed by atoms with van der Waals surface area (Å²) in [5.41, 5.74) is -0.651. The van der Waals surface area contributed by atoms with Crippen molar-refractivity contribution in [1.82, 2.24) is 9.55 Å². The van der Waals surface area contributed by atoms with Crippen LogP contribution >= 0.6 is 15.9 Å². The van der Waals surface area contributed by atoms with E-state index in [4.69, 9.17) is 0 Å². The van der Waals surface area contributed by atoms with Gasteiger partial charge in [0.1, 0.15) is 11.9 Å². The summed E-state index contributed by atoms with van der Waals surface area (Å²) >= 11 is 3.18. The number of alkyl halides is 3. The molecule has 1 aromatic heterocycles. The van der Waals surface area contributed by atoms with E-state index in [0.717, 1.165) is 18.6 Å². The van der Waals surface area contributed by atoms with E-state index in [9.17, 15) is 18.3 Å². The van der Waals surface area contributed by atoms with Gasteiger partial charge >= 0.3 is 6.18 Å². The van der Waals surface area contributed by atoms with Gasteiger partial charge < -0.3 is 9.67 Å². The third-order valence-electron chi connectivity index (χ3n) is 3.07. The van der Waals surface area contributed by atoms with E-state index in [1.54, 1.807) is 10.8 Å². The summed E-state index contributed by atoms with van der Waals surface area (Å²) in [6.45, 7) is 2.61. The third-order valence-corrected chi connectivity index (χ3v) is 3.80. The Morgan fingerprint density at radius 1 is 1.38 bits per heavy atom. The molecule has 1 N–H and O–H groups in total. The quantitative estimate of drug-likeness (QED) is 0.886. The molecule has 7 heteroatoms. The number of aliphatic hydroxyl groups is 1. The number of nitrogens with zero attached hydrogens (tertiary/aromatic N) is 2. The zero-order chi connectivity index (χ0) is 15.6. The topological polar surface area (TPSA) is 38.0 Å². The molecule has 1 aromatic carbocycles. The monoisotopic (exact) mass is 362 g/mol. The molecule has 2 rings (SSSR count). The van der Waals surface area contributed by atoms with E-state index in [1.807, 2.05) is 6.92 Å². The third kappa shape index (κ3) is 3.47. The first-order valence-electron chi connectivity index (χ1n) is 6.40. The second-order valence-electron chi connectivity index (χ2n) is 4.62. The summed E-state index contributed by atoms with van der Waals surface area (Å²) < 4.78 is 40.5. The van der Waals surface area contributed by atoms with Crippen molar-refractivity contribution in [2.45, 2.75) is 32.2 Å². The Morgan fingerprint density at radius 3 is 2.71 bits per heavy atom. The maximum Gasteiger partial charge on any atom is 0.416 e. The summed E-state index contributed by atoms with van der Waals surface area (Å²) in [6.07, 6.45) is -1.61. The predicted molar refractivity (Wildman–Crippen MR) is 75.7 cm³/mol. The molecule has 0 saturated heterocycles. The first-order valence-corrected chi connectivity index (χ1v) is 7.19. The second-order valence-corrected chi connectivity index (χ2v) is 5.47. The molecule has 0 aliphatic carbocycles. The molecule has 1 atom stereocenters. The molecule has 1 heterocycles. The molecule has 114 valence electrons. The minimum Gasteiger partial charge on any atom is -0.380 e. The van der Waals surface area contributed by atoms with Crippen LogP contribution in [0.3, 0.4) is 0 Å². The summed E-state index contributed by atoms with van der Waals surface area (Å²) in [7, 11) is 0. The van der Waals surface area contributed by atoms with Crippen LogP contribution < -0.4 is 0 Å². The highest BCUT2D eigenvalue weighted by Gasteiger charge is 2.32. The normalized spacial score (nSPS) is 13.4. The maximum absolute atomic E-state index is 12.8. The highest BCUT2D eigenvalue weighted by Crippen LogP contribution is 2.35. The lowest BCUT2D eigenvalue weighted by Crippen LogP contribution is -2.12. The molecular weight excluding hydrogens is 349 g/mol. The van der Waals surface area contributed by atoms with Crippen LogP contribution in [-0.2, 0) is 12.7 Å². The molecule has 0 bridgehead atoms. The van der Waals surface area contributed by atoms with Crippen molar-refractivity contribution in [1.29, 1.82) is 0 Å². The van der Waals surface area contributed by atoms with Crippen LogP contribution in [0.5, 0.6) is 0 Å². The van der Waals surface area contributed by atoms with Gasteiger partial charge in [-0.1, -0.05) is 22.9 Å². The molecule has 0 amide bonds. The number of imidazole rings is 1. The molecule has 0 spiro atoms. The Hall–Kier alpha value is -1.34. The zero-order valence-electron chi connectivity index (χ0n) is 11.2. The van der Waals surface area contributed by atoms with Gasteiger partial charge in [-0.3, -0.25) is 0 Å². The molecule has 0 radical (unpaired) electrons. The lowest BCUT2D eigenvalue weighted by molar-refractivity contribution is -0.137. The Bertz CT molecular complexity index is 625. The van der Waals surface area contributed by atoms with Crippen LogP contribution in [-0.4, -0.2) is 14.7 Å². The Morgan fingerprint density at radius 2 is 2.10 bits per heavy atom. The number of aliphatic hydroxyl groups excluding tert-OH is 1. The molecular formula is C14H14BrF3N2O. The minimum absolute atomic E-state index is 0.147. The lowest BCUT2D eigenvalue weighted by atomic mass is 10.0. The fourth-order valence-electron chi connectivity index (χ4n) is 2.07. The molecule has 1 unspecified atom stereocenters. The zero-order valence-corrected chi connectivity index (χ0v) is 12.8. The fourth-order valence-corrected chi connectivity index (χ4v) is 2.53. The molecule has 0 aliphatic rings. The molecule has 0 fully saturated rings. The highest BCUT2D eigenvalue weighted by molar-refractivity contribution is 9.10. The number of hydrogen-bond donors (Lipinski definition) is 1. The number of benzene rings is 1. The first kappa shape index (κ1) is 16.0. The summed E-state index contributed by atoms with van der Waals surface area (Å²) in [5.74, 6) is 0.330. The van der Waals surface area contributed by atoms with Gasteiger partial charge in [0.15, 0.2) is 0 Å². The van der Waals surface area contributed by atoms with Gasteiger partial charge in [-0.15, -0.1) is 0 Å². The van der Waals surface area contributed by atoms with Gasteiger partial charge in [-0.05, 0) is 24.6 Å². The SMILES string of the molecule is CCCn1ccnc1C(O)c1cc(C(F)(F)F)ccc1Br. The Labute approximate surface area is 128 Å². The molecule has 3 nitrogen and oxygen atoms in total. The minimum atomic E-state index is -4.45. The molecule has 0 aliphatic heterocycles. The standard InChI is InChI=1S/C14H14BrF3N2O/c1-2-6-20-7-5-19-13(20)12(21)10-8-9(14(16,17)18)3-4-11(10)15/h3-5,7-8,12,21H,2,6H2,1H3. The smallest absolute Gasteiger partial charge is 0.380 e. The lowest BCUT2D eigenvalue weighted by Gasteiger charge is -2.16. The van der Waals surface area contributed by atoms with Crippen LogP contribution in [0, 0.1) is 0 Å². The number of rotatable bonds is 4. The summed E-state index contributed by atoms with van der Waals surface area (Å²) in [4.78, 5) is 4.05. The summed E-state index contributed by atoms with van der Waals surface area (Å²) in [6, 6.07) is 3.20. The van der Waals surface area contributed by atoms with Crippen LogP contribution in [0.2, 0.25) is 0 Å². The number of hydrogen-bond acceptors (Lipinski definition) is 2. The van der Waals surface area contributed by atoms with Gasteiger partial charge in [-0.25, -0.2) is 4.98 Å². The van der Waals surface area contributed by atoms with E-state index < -0.39 is 17.8 Å². The average molecular weight is 363 g/mol. The second kappa shape index (κ2) is 6.19. The Balaban J connectivity index is 2.43. The Kier molecular flexibility index (Phi) is 4.73. The highest BCUT2D eigenvalue weighted by atomic mass is 79.9. The number of aryl methyl sites for hydroxylation is 1. The van der Waals surface area contributed by atoms with Crippen LogP contribution in [0.4, 0.5) is 13.2 Å². The van der Waals surface area contributed by atoms with E-state index in [2.05, 4.69) is 20.9 Å². The summed E-state index contributed by atoms with van der Waals surface area (Å²) in [5, 5.41) is 10.4. The number of aromatic nitrogens is 2. The maximum atomic E-state index is 12.8. The van der Waals surface area contributed by atoms with Gasteiger partial charge in [0.25, 0.3) is 0 Å². The van der Waals surface area contributed by atoms with Crippen molar-refractivity contribution in [3.63, 3.8) is 0 Å². The molecule has 0 saturated carbocycles. The van der Waals surface area contributed by atoms with Gasteiger partial charge in [-0.2, -0.15) is 13.2 Å². The van der Waals surface area contributed by atoms with E-state index in [0.29, 0.717) is 16.8 Å². The van der Waals surface area contributed by atoms with Crippen molar-refractivity contribution >= 4 is 15.9 Å².